The SMILES string of the molecule is C#CCSCCNCCCOCCOC. The summed E-state index contributed by atoms with van der Waals surface area (Å²) in [7, 11) is 1.68. The fourth-order valence-corrected chi connectivity index (χ4v) is 1.49. The van der Waals surface area contributed by atoms with Gasteiger partial charge < -0.3 is 14.8 Å². The van der Waals surface area contributed by atoms with Gasteiger partial charge in [0.2, 0.25) is 0 Å². The van der Waals surface area contributed by atoms with Crippen LogP contribution in [-0.2, 0) is 9.47 Å². The highest BCUT2D eigenvalue weighted by atomic mass is 32.2. The molecule has 0 bridgehead atoms. The number of thioether (sulfide) groups is 1. The average molecular weight is 231 g/mol. The molecule has 0 radical (unpaired) electrons. The molecule has 1 N–H and O–H groups in total. The van der Waals surface area contributed by atoms with Gasteiger partial charge >= 0.3 is 0 Å². The summed E-state index contributed by atoms with van der Waals surface area (Å²) in [5.41, 5.74) is 0. The van der Waals surface area contributed by atoms with Crippen LogP contribution in [0.2, 0.25) is 0 Å². The molecular formula is C11H21NO2S. The van der Waals surface area contributed by atoms with Gasteiger partial charge in [-0.1, -0.05) is 5.92 Å². The van der Waals surface area contributed by atoms with Crippen LogP contribution in [0.1, 0.15) is 6.42 Å². The zero-order valence-electron chi connectivity index (χ0n) is 9.46. The van der Waals surface area contributed by atoms with Crippen LogP contribution in [0.25, 0.3) is 0 Å². The largest absolute Gasteiger partial charge is 0.382 e. The Balaban J connectivity index is 2.84. The van der Waals surface area contributed by atoms with Crippen molar-refractivity contribution in [2.75, 3.05) is 51.5 Å². The highest BCUT2D eigenvalue weighted by Crippen LogP contribution is 1.95. The first-order valence-electron chi connectivity index (χ1n) is 5.20. The molecule has 88 valence electrons. The third-order valence-electron chi connectivity index (χ3n) is 1.68. The van der Waals surface area contributed by atoms with Crippen molar-refractivity contribution in [3.05, 3.63) is 0 Å². The summed E-state index contributed by atoms with van der Waals surface area (Å²) >= 11 is 1.78. The van der Waals surface area contributed by atoms with Crippen molar-refractivity contribution in [2.24, 2.45) is 0 Å². The van der Waals surface area contributed by atoms with Crippen LogP contribution in [0.5, 0.6) is 0 Å². The van der Waals surface area contributed by atoms with Gasteiger partial charge in [0.25, 0.3) is 0 Å². The van der Waals surface area contributed by atoms with Crippen LogP contribution in [0.4, 0.5) is 0 Å². The number of rotatable bonds is 11. The van der Waals surface area contributed by atoms with E-state index in [0.29, 0.717) is 13.2 Å². The molecule has 0 aliphatic carbocycles. The van der Waals surface area contributed by atoms with E-state index in [1.54, 1.807) is 18.9 Å². The molecule has 0 aromatic carbocycles. The van der Waals surface area contributed by atoms with Crippen molar-refractivity contribution in [3.63, 3.8) is 0 Å². The Morgan fingerprint density at radius 3 is 2.87 bits per heavy atom. The number of terminal acetylenes is 1. The summed E-state index contributed by atoms with van der Waals surface area (Å²) in [6.45, 7) is 4.19. The molecule has 0 heterocycles. The van der Waals surface area contributed by atoms with E-state index in [1.165, 1.54) is 0 Å². The Morgan fingerprint density at radius 1 is 1.27 bits per heavy atom. The molecule has 0 unspecified atom stereocenters. The average Bonchev–Trinajstić information content (AvgIpc) is 2.26. The predicted molar refractivity (Wildman–Crippen MR) is 66.3 cm³/mol. The molecule has 0 spiro atoms. The maximum atomic E-state index is 5.32. The van der Waals surface area contributed by atoms with Crippen LogP contribution in [0.3, 0.4) is 0 Å². The second kappa shape index (κ2) is 13.8. The minimum Gasteiger partial charge on any atom is -0.382 e. The molecule has 0 atom stereocenters. The minimum absolute atomic E-state index is 0.677. The lowest BCUT2D eigenvalue weighted by Crippen LogP contribution is -2.20. The molecule has 0 saturated carbocycles. The lowest BCUT2D eigenvalue weighted by Gasteiger charge is -2.05. The molecular weight excluding hydrogens is 210 g/mol. The minimum atomic E-state index is 0.677. The van der Waals surface area contributed by atoms with Crippen LogP contribution in [0, 0.1) is 12.3 Å². The quantitative estimate of drug-likeness (QED) is 0.424. The molecule has 0 fully saturated rings. The van der Waals surface area contributed by atoms with Gasteiger partial charge in [-0.15, -0.1) is 18.2 Å². The Morgan fingerprint density at radius 2 is 2.13 bits per heavy atom. The number of ether oxygens (including phenoxy) is 2. The second-order valence-electron chi connectivity index (χ2n) is 2.97. The molecule has 4 heteroatoms. The monoisotopic (exact) mass is 231 g/mol. The van der Waals surface area contributed by atoms with E-state index in [4.69, 9.17) is 15.9 Å². The lowest BCUT2D eigenvalue weighted by molar-refractivity contribution is 0.0695. The van der Waals surface area contributed by atoms with Crippen molar-refractivity contribution >= 4 is 11.8 Å². The zero-order valence-corrected chi connectivity index (χ0v) is 10.3. The van der Waals surface area contributed by atoms with E-state index >= 15 is 0 Å². The van der Waals surface area contributed by atoms with E-state index in [2.05, 4.69) is 11.2 Å². The zero-order chi connectivity index (χ0) is 11.2. The first-order valence-corrected chi connectivity index (χ1v) is 6.36. The first-order chi connectivity index (χ1) is 7.41. The molecule has 15 heavy (non-hydrogen) atoms. The summed E-state index contributed by atoms with van der Waals surface area (Å²) in [6.07, 6.45) is 6.18. The second-order valence-corrected chi connectivity index (χ2v) is 4.07. The van der Waals surface area contributed by atoms with E-state index in [-0.39, 0.29) is 0 Å². The predicted octanol–water partition coefficient (Wildman–Crippen LogP) is 0.995. The fraction of sp³-hybridized carbons (Fsp3) is 0.818. The number of hydrogen-bond donors (Lipinski definition) is 1. The van der Waals surface area contributed by atoms with Gasteiger partial charge in [0.15, 0.2) is 0 Å². The Bertz CT molecular complexity index is 159. The summed E-state index contributed by atoms with van der Waals surface area (Å²) in [6, 6.07) is 0. The van der Waals surface area contributed by atoms with Crippen LogP contribution < -0.4 is 5.32 Å². The van der Waals surface area contributed by atoms with Gasteiger partial charge in [-0.25, -0.2) is 0 Å². The summed E-state index contributed by atoms with van der Waals surface area (Å²) < 4.78 is 10.2. The molecule has 0 aromatic rings. The van der Waals surface area contributed by atoms with E-state index in [1.807, 2.05) is 0 Å². The molecule has 0 aromatic heterocycles. The van der Waals surface area contributed by atoms with Crippen molar-refractivity contribution < 1.29 is 9.47 Å². The fourth-order valence-electron chi connectivity index (χ4n) is 0.944. The van der Waals surface area contributed by atoms with Gasteiger partial charge in [-0.3, -0.25) is 0 Å². The first kappa shape index (κ1) is 14.8. The van der Waals surface area contributed by atoms with Crippen molar-refractivity contribution in [1.29, 1.82) is 0 Å². The van der Waals surface area contributed by atoms with E-state index < -0.39 is 0 Å². The normalized spacial score (nSPS) is 10.1. The Kier molecular flexibility index (Phi) is 13.6. The Labute approximate surface area is 97.3 Å². The Hall–Kier alpha value is -0.210. The topological polar surface area (TPSA) is 30.5 Å². The molecule has 0 aliphatic heterocycles. The number of methoxy groups -OCH3 is 1. The van der Waals surface area contributed by atoms with Gasteiger partial charge in [-0.05, 0) is 13.0 Å². The summed E-state index contributed by atoms with van der Waals surface area (Å²) in [5.74, 6) is 4.49. The highest BCUT2D eigenvalue weighted by molar-refractivity contribution is 7.99. The maximum Gasteiger partial charge on any atom is 0.0700 e. The van der Waals surface area contributed by atoms with Crippen molar-refractivity contribution in [2.45, 2.75) is 6.42 Å². The third-order valence-corrected chi connectivity index (χ3v) is 2.55. The molecule has 3 nitrogen and oxygen atoms in total. The highest BCUT2D eigenvalue weighted by Gasteiger charge is 1.90. The van der Waals surface area contributed by atoms with Crippen molar-refractivity contribution in [1.82, 2.24) is 5.32 Å². The molecule has 0 aliphatic rings. The van der Waals surface area contributed by atoms with Gasteiger partial charge in [0, 0.05) is 26.0 Å². The smallest absolute Gasteiger partial charge is 0.0700 e. The van der Waals surface area contributed by atoms with Crippen LogP contribution in [0.15, 0.2) is 0 Å². The number of hydrogen-bond acceptors (Lipinski definition) is 4. The maximum absolute atomic E-state index is 5.32. The lowest BCUT2D eigenvalue weighted by atomic mass is 10.4. The molecule has 0 saturated heterocycles. The van der Waals surface area contributed by atoms with E-state index in [9.17, 15) is 0 Å². The third kappa shape index (κ3) is 13.8. The van der Waals surface area contributed by atoms with Crippen LogP contribution in [-0.4, -0.2) is 51.5 Å². The van der Waals surface area contributed by atoms with E-state index in [0.717, 1.165) is 37.6 Å². The standard InChI is InChI=1S/C11H21NO2S/c1-3-10-15-11-6-12-5-4-7-14-9-8-13-2/h1,12H,4-11H2,2H3. The summed E-state index contributed by atoms with van der Waals surface area (Å²) in [4.78, 5) is 0. The molecule has 0 rings (SSSR count). The van der Waals surface area contributed by atoms with Crippen molar-refractivity contribution in [3.8, 4) is 12.3 Å². The van der Waals surface area contributed by atoms with Gasteiger partial charge in [0.1, 0.15) is 0 Å². The van der Waals surface area contributed by atoms with Gasteiger partial charge in [0.05, 0.1) is 19.0 Å². The number of nitrogens with one attached hydrogen (secondary N) is 1. The summed E-state index contributed by atoms with van der Waals surface area (Å²) in [5, 5.41) is 3.33. The molecule has 0 amide bonds. The van der Waals surface area contributed by atoms with Gasteiger partial charge in [-0.2, -0.15) is 0 Å². The van der Waals surface area contributed by atoms with Crippen LogP contribution >= 0.6 is 11.8 Å².